The van der Waals surface area contributed by atoms with Crippen LogP contribution in [0.4, 0.5) is 0 Å². The summed E-state index contributed by atoms with van der Waals surface area (Å²) in [5.41, 5.74) is 1.27. The number of halogens is 1. The minimum atomic E-state index is 0.324. The van der Waals surface area contributed by atoms with E-state index >= 15 is 0 Å². The first-order valence-electron chi connectivity index (χ1n) is 6.23. The van der Waals surface area contributed by atoms with Gasteiger partial charge in [-0.05, 0) is 31.9 Å². The van der Waals surface area contributed by atoms with Gasteiger partial charge in [-0.25, -0.2) is 4.98 Å². The summed E-state index contributed by atoms with van der Waals surface area (Å²) in [6.07, 6.45) is 6.49. The van der Waals surface area contributed by atoms with Crippen molar-refractivity contribution in [2.45, 2.75) is 38.4 Å². The zero-order valence-corrected chi connectivity index (χ0v) is 11.8. The number of nitrogens with zero attached hydrogens (tertiary/aromatic N) is 2. The number of hydrogen-bond donors (Lipinski definition) is 1. The number of thiophene rings is 1. The van der Waals surface area contributed by atoms with Crippen LogP contribution >= 0.6 is 22.9 Å². The summed E-state index contributed by atoms with van der Waals surface area (Å²) in [5.74, 6) is 0. The zero-order valence-electron chi connectivity index (χ0n) is 10.3. The lowest BCUT2D eigenvalue weighted by Crippen LogP contribution is -2.19. The highest BCUT2D eigenvalue weighted by Crippen LogP contribution is 2.35. The van der Waals surface area contributed by atoms with Crippen molar-refractivity contribution in [3.63, 3.8) is 0 Å². The van der Waals surface area contributed by atoms with Crippen molar-refractivity contribution in [3.05, 3.63) is 39.6 Å². The van der Waals surface area contributed by atoms with Gasteiger partial charge in [-0.15, -0.1) is 11.3 Å². The molecule has 2 aromatic rings. The van der Waals surface area contributed by atoms with Crippen molar-refractivity contribution in [1.82, 2.24) is 14.9 Å². The fourth-order valence-corrected chi connectivity index (χ4v) is 3.16. The Kier molecular flexibility index (Phi) is 3.41. The van der Waals surface area contributed by atoms with Crippen LogP contribution in [0.25, 0.3) is 0 Å². The normalized spacial score (nSPS) is 17.0. The molecule has 0 amide bonds. The maximum atomic E-state index is 5.96. The van der Waals surface area contributed by atoms with E-state index in [2.05, 4.69) is 27.9 Å². The Hall–Kier alpha value is -0.840. The summed E-state index contributed by atoms with van der Waals surface area (Å²) in [6.45, 7) is 3.02. The quantitative estimate of drug-likeness (QED) is 0.904. The summed E-state index contributed by atoms with van der Waals surface area (Å²) in [6, 6.07) is 5.05. The van der Waals surface area contributed by atoms with E-state index in [0.29, 0.717) is 12.1 Å². The molecule has 1 aliphatic carbocycles. The van der Waals surface area contributed by atoms with E-state index in [1.807, 2.05) is 18.6 Å². The van der Waals surface area contributed by atoms with Crippen molar-refractivity contribution in [3.8, 4) is 0 Å². The van der Waals surface area contributed by atoms with Crippen molar-refractivity contribution < 1.29 is 0 Å². The minimum Gasteiger partial charge on any atom is -0.330 e. The lowest BCUT2D eigenvalue weighted by molar-refractivity contribution is 0.553. The van der Waals surface area contributed by atoms with Gasteiger partial charge in [0, 0.05) is 29.7 Å². The highest BCUT2D eigenvalue weighted by atomic mass is 35.5. The molecule has 1 atom stereocenters. The largest absolute Gasteiger partial charge is 0.330 e. The Bertz CT molecular complexity index is 530. The Morgan fingerprint density at radius 3 is 3.06 bits per heavy atom. The van der Waals surface area contributed by atoms with Gasteiger partial charge in [-0.1, -0.05) is 11.6 Å². The molecule has 0 spiro atoms. The molecule has 18 heavy (non-hydrogen) atoms. The van der Waals surface area contributed by atoms with Crippen molar-refractivity contribution in [2.75, 3.05) is 0 Å². The molecule has 0 saturated heterocycles. The molecule has 96 valence electrons. The molecule has 5 heteroatoms. The van der Waals surface area contributed by atoms with Crippen molar-refractivity contribution in [2.24, 2.45) is 0 Å². The van der Waals surface area contributed by atoms with Crippen LogP contribution in [-0.2, 0) is 6.54 Å². The first-order chi connectivity index (χ1) is 8.74. The van der Waals surface area contributed by atoms with Gasteiger partial charge in [0.2, 0.25) is 0 Å². The Balaban J connectivity index is 1.61. The second-order valence-corrected chi connectivity index (χ2v) is 6.51. The molecule has 1 N–H and O–H groups in total. The maximum absolute atomic E-state index is 5.96. The van der Waals surface area contributed by atoms with Gasteiger partial charge in [-0.3, -0.25) is 0 Å². The average molecular weight is 282 g/mol. The van der Waals surface area contributed by atoms with Gasteiger partial charge >= 0.3 is 0 Å². The van der Waals surface area contributed by atoms with Crippen LogP contribution in [0.1, 0.15) is 42.4 Å². The van der Waals surface area contributed by atoms with Crippen LogP contribution in [-0.4, -0.2) is 9.55 Å². The topological polar surface area (TPSA) is 29.9 Å². The number of imidazole rings is 1. The van der Waals surface area contributed by atoms with Gasteiger partial charge in [0.1, 0.15) is 0 Å². The van der Waals surface area contributed by atoms with Crippen LogP contribution < -0.4 is 5.32 Å². The third kappa shape index (κ3) is 2.60. The Morgan fingerprint density at radius 1 is 1.56 bits per heavy atom. The number of rotatable bonds is 5. The molecule has 0 aliphatic heterocycles. The highest BCUT2D eigenvalue weighted by Gasteiger charge is 2.25. The minimum absolute atomic E-state index is 0.324. The summed E-state index contributed by atoms with van der Waals surface area (Å²) in [7, 11) is 0. The third-order valence-electron chi connectivity index (χ3n) is 3.30. The molecule has 1 aliphatic rings. The molecular formula is C13H16ClN3S. The monoisotopic (exact) mass is 281 g/mol. The van der Waals surface area contributed by atoms with Gasteiger partial charge in [-0.2, -0.15) is 0 Å². The second kappa shape index (κ2) is 5.03. The van der Waals surface area contributed by atoms with Crippen molar-refractivity contribution in [1.29, 1.82) is 0 Å². The number of aromatic nitrogens is 2. The summed E-state index contributed by atoms with van der Waals surface area (Å²) in [4.78, 5) is 5.52. The predicted molar refractivity (Wildman–Crippen MR) is 75.1 cm³/mol. The molecule has 1 unspecified atom stereocenters. The molecule has 3 nitrogen and oxygen atoms in total. The first kappa shape index (κ1) is 12.2. The molecule has 3 rings (SSSR count). The highest BCUT2D eigenvalue weighted by molar-refractivity contribution is 7.16. The predicted octanol–water partition coefficient (Wildman–Crippen LogP) is 3.78. The van der Waals surface area contributed by atoms with Gasteiger partial charge in [0.05, 0.1) is 16.4 Å². The fraction of sp³-hybridized carbons (Fsp3) is 0.462. The third-order valence-corrected chi connectivity index (χ3v) is 4.71. The van der Waals surface area contributed by atoms with Gasteiger partial charge < -0.3 is 9.88 Å². The van der Waals surface area contributed by atoms with Gasteiger partial charge in [0.15, 0.2) is 0 Å². The van der Waals surface area contributed by atoms with E-state index in [1.165, 1.54) is 23.4 Å². The first-order valence-corrected chi connectivity index (χ1v) is 7.43. The fourth-order valence-electron chi connectivity index (χ4n) is 2.07. The maximum Gasteiger partial charge on any atom is 0.0951 e. The van der Waals surface area contributed by atoms with E-state index in [4.69, 9.17) is 11.6 Å². The lowest BCUT2D eigenvalue weighted by atomic mass is 10.2. The van der Waals surface area contributed by atoms with E-state index in [9.17, 15) is 0 Å². The number of nitrogens with one attached hydrogen (secondary N) is 1. The molecule has 0 radical (unpaired) electrons. The van der Waals surface area contributed by atoms with Gasteiger partial charge in [0.25, 0.3) is 0 Å². The van der Waals surface area contributed by atoms with E-state index in [1.54, 1.807) is 11.3 Å². The van der Waals surface area contributed by atoms with Crippen LogP contribution in [0.3, 0.4) is 0 Å². The molecule has 2 heterocycles. The molecule has 1 saturated carbocycles. The molecule has 1 fully saturated rings. The Morgan fingerprint density at radius 2 is 2.39 bits per heavy atom. The SMILES string of the molecule is CC(NCc1cncn1C1CC1)c1ccc(Cl)s1. The van der Waals surface area contributed by atoms with E-state index in [0.717, 1.165) is 10.9 Å². The smallest absolute Gasteiger partial charge is 0.0951 e. The van der Waals surface area contributed by atoms with Crippen LogP contribution in [0.5, 0.6) is 0 Å². The second-order valence-electron chi connectivity index (χ2n) is 4.77. The molecule has 0 aromatic carbocycles. The average Bonchev–Trinajstić information content (AvgIpc) is 2.94. The van der Waals surface area contributed by atoms with Crippen LogP contribution in [0.2, 0.25) is 4.34 Å². The zero-order chi connectivity index (χ0) is 12.5. The Labute approximate surface area is 116 Å². The lowest BCUT2D eigenvalue weighted by Gasteiger charge is -2.13. The van der Waals surface area contributed by atoms with Crippen LogP contribution in [0.15, 0.2) is 24.7 Å². The molecular weight excluding hydrogens is 266 g/mol. The molecule has 2 aromatic heterocycles. The van der Waals surface area contributed by atoms with Crippen LogP contribution in [0, 0.1) is 0 Å². The van der Waals surface area contributed by atoms with Crippen molar-refractivity contribution >= 4 is 22.9 Å². The van der Waals surface area contributed by atoms with E-state index < -0.39 is 0 Å². The summed E-state index contributed by atoms with van der Waals surface area (Å²) < 4.78 is 3.14. The van der Waals surface area contributed by atoms with E-state index in [-0.39, 0.29) is 0 Å². The molecule has 0 bridgehead atoms. The summed E-state index contributed by atoms with van der Waals surface area (Å²) >= 11 is 7.59. The number of hydrogen-bond acceptors (Lipinski definition) is 3. The summed E-state index contributed by atoms with van der Waals surface area (Å²) in [5, 5.41) is 3.53. The standard InChI is InChI=1S/C13H16ClN3S/c1-9(12-4-5-13(14)18-12)16-7-11-6-15-8-17(11)10-2-3-10/h4-6,8-10,16H,2-3,7H2,1H3.